The summed E-state index contributed by atoms with van der Waals surface area (Å²) < 4.78 is 5.05. The summed E-state index contributed by atoms with van der Waals surface area (Å²) in [6.07, 6.45) is 1.87. The molecule has 0 atom stereocenters. The molecule has 1 saturated carbocycles. The molecule has 72 valence electrons. The van der Waals surface area contributed by atoms with E-state index in [0.717, 1.165) is 18.4 Å². The minimum Gasteiger partial charge on any atom is -0.495 e. The minimum absolute atomic E-state index is 0.268. The van der Waals surface area contributed by atoms with E-state index >= 15 is 0 Å². The quantitative estimate of drug-likeness (QED) is 0.747. The zero-order valence-electron chi connectivity index (χ0n) is 7.88. The number of nitriles is 1. The molecule has 1 aliphatic carbocycles. The van der Waals surface area contributed by atoms with Crippen molar-refractivity contribution in [3.8, 4) is 11.8 Å². The molecule has 0 aromatic heterocycles. The maximum absolute atomic E-state index is 9.00. The van der Waals surface area contributed by atoms with Crippen molar-refractivity contribution < 1.29 is 4.74 Å². The molecule has 2 rings (SSSR count). The maximum Gasteiger partial charge on any atom is 0.137 e. The molecule has 3 heteroatoms. The summed E-state index contributed by atoms with van der Waals surface area (Å²) in [5.74, 6) is 0.657. The Balaban J connectivity index is 2.39. The van der Waals surface area contributed by atoms with Gasteiger partial charge >= 0.3 is 0 Å². The van der Waals surface area contributed by atoms with Gasteiger partial charge in [-0.1, -0.05) is 17.7 Å². The zero-order valence-corrected chi connectivity index (χ0v) is 8.64. The lowest BCUT2D eigenvalue weighted by Gasteiger charge is -2.08. The highest BCUT2D eigenvalue weighted by molar-refractivity contribution is 6.32. The lowest BCUT2D eigenvalue weighted by atomic mass is 9.98. The Morgan fingerprint density at radius 3 is 2.64 bits per heavy atom. The van der Waals surface area contributed by atoms with Crippen LogP contribution in [0.4, 0.5) is 0 Å². The number of ether oxygens (including phenoxy) is 1. The van der Waals surface area contributed by atoms with Crippen LogP contribution in [0.3, 0.4) is 0 Å². The molecule has 1 aromatic carbocycles. The van der Waals surface area contributed by atoms with E-state index in [9.17, 15) is 0 Å². The number of benzene rings is 1. The normalized spacial score (nSPS) is 17.2. The summed E-state index contributed by atoms with van der Waals surface area (Å²) in [7, 11) is 1.58. The van der Waals surface area contributed by atoms with Crippen molar-refractivity contribution in [1.29, 1.82) is 5.26 Å². The fourth-order valence-electron chi connectivity index (χ4n) is 1.55. The van der Waals surface area contributed by atoms with Gasteiger partial charge in [0.2, 0.25) is 0 Å². The summed E-state index contributed by atoms with van der Waals surface area (Å²) in [5.41, 5.74) is 0.737. The average molecular weight is 208 g/mol. The molecule has 2 nitrogen and oxygen atoms in total. The van der Waals surface area contributed by atoms with Crippen molar-refractivity contribution >= 4 is 11.6 Å². The summed E-state index contributed by atoms with van der Waals surface area (Å²) in [6, 6.07) is 7.90. The van der Waals surface area contributed by atoms with E-state index in [1.165, 1.54) is 0 Å². The number of halogens is 1. The van der Waals surface area contributed by atoms with Crippen LogP contribution in [-0.4, -0.2) is 7.11 Å². The monoisotopic (exact) mass is 207 g/mol. The van der Waals surface area contributed by atoms with Gasteiger partial charge in [-0.25, -0.2) is 0 Å². The van der Waals surface area contributed by atoms with Gasteiger partial charge in [-0.3, -0.25) is 0 Å². The van der Waals surface area contributed by atoms with Crippen LogP contribution in [0.1, 0.15) is 18.4 Å². The Hall–Kier alpha value is -1.20. The summed E-state index contributed by atoms with van der Waals surface area (Å²) in [4.78, 5) is 0. The van der Waals surface area contributed by atoms with Gasteiger partial charge in [0.1, 0.15) is 5.75 Å². The van der Waals surface area contributed by atoms with Crippen LogP contribution in [0.5, 0.6) is 5.75 Å². The molecule has 0 radical (unpaired) electrons. The summed E-state index contributed by atoms with van der Waals surface area (Å²) in [5, 5.41) is 9.58. The van der Waals surface area contributed by atoms with Crippen molar-refractivity contribution in [3.05, 3.63) is 28.8 Å². The molecule has 0 spiro atoms. The first kappa shape index (κ1) is 9.36. The smallest absolute Gasteiger partial charge is 0.137 e. The van der Waals surface area contributed by atoms with E-state index in [2.05, 4.69) is 6.07 Å². The minimum atomic E-state index is -0.268. The summed E-state index contributed by atoms with van der Waals surface area (Å²) in [6.45, 7) is 0. The molecule has 14 heavy (non-hydrogen) atoms. The van der Waals surface area contributed by atoms with E-state index in [0.29, 0.717) is 10.8 Å². The van der Waals surface area contributed by atoms with Gasteiger partial charge < -0.3 is 4.74 Å². The zero-order chi connectivity index (χ0) is 10.2. The molecular formula is C11H10ClNO. The van der Waals surface area contributed by atoms with E-state index in [1.807, 2.05) is 18.2 Å². The largest absolute Gasteiger partial charge is 0.495 e. The number of rotatable bonds is 2. The Kier molecular flexibility index (Phi) is 2.13. The Labute approximate surface area is 88.1 Å². The van der Waals surface area contributed by atoms with E-state index in [-0.39, 0.29) is 5.41 Å². The van der Waals surface area contributed by atoms with Crippen LogP contribution in [0.15, 0.2) is 18.2 Å². The van der Waals surface area contributed by atoms with Crippen molar-refractivity contribution in [2.45, 2.75) is 18.3 Å². The van der Waals surface area contributed by atoms with E-state index < -0.39 is 0 Å². The van der Waals surface area contributed by atoms with Crippen LogP contribution in [0, 0.1) is 11.3 Å². The van der Waals surface area contributed by atoms with Crippen LogP contribution in [0.2, 0.25) is 5.02 Å². The molecule has 1 aliphatic rings. The highest BCUT2D eigenvalue weighted by atomic mass is 35.5. The molecule has 1 aromatic rings. The SMILES string of the molecule is COc1ccc(C2(C#N)CC2)cc1Cl. The third kappa shape index (κ3) is 1.34. The van der Waals surface area contributed by atoms with Crippen molar-refractivity contribution in [2.24, 2.45) is 0 Å². The molecule has 1 fully saturated rings. The highest BCUT2D eigenvalue weighted by Gasteiger charge is 2.45. The first-order valence-electron chi connectivity index (χ1n) is 4.47. The molecule has 0 amide bonds. The van der Waals surface area contributed by atoms with E-state index in [1.54, 1.807) is 7.11 Å². The Morgan fingerprint density at radius 2 is 2.21 bits per heavy atom. The predicted molar refractivity (Wildman–Crippen MR) is 54.5 cm³/mol. The van der Waals surface area contributed by atoms with E-state index in [4.69, 9.17) is 21.6 Å². The lowest BCUT2D eigenvalue weighted by Crippen LogP contribution is -2.02. The average Bonchev–Trinajstić information content (AvgIpc) is 2.98. The molecule has 0 aliphatic heterocycles. The van der Waals surface area contributed by atoms with Crippen molar-refractivity contribution in [2.75, 3.05) is 7.11 Å². The van der Waals surface area contributed by atoms with Crippen molar-refractivity contribution in [1.82, 2.24) is 0 Å². The lowest BCUT2D eigenvalue weighted by molar-refractivity contribution is 0.415. The fourth-order valence-corrected chi connectivity index (χ4v) is 1.81. The Bertz CT molecular complexity index is 404. The van der Waals surface area contributed by atoms with Crippen molar-refractivity contribution in [3.63, 3.8) is 0 Å². The second-order valence-electron chi connectivity index (χ2n) is 3.54. The molecule has 0 N–H and O–H groups in total. The first-order chi connectivity index (χ1) is 6.72. The van der Waals surface area contributed by atoms with Gasteiger partial charge in [-0.05, 0) is 30.5 Å². The van der Waals surface area contributed by atoms with Gasteiger partial charge in [0.25, 0.3) is 0 Å². The maximum atomic E-state index is 9.00. The van der Waals surface area contributed by atoms with Gasteiger partial charge in [0.15, 0.2) is 0 Å². The number of nitrogens with zero attached hydrogens (tertiary/aromatic N) is 1. The molecule has 0 unspecified atom stereocenters. The highest BCUT2D eigenvalue weighted by Crippen LogP contribution is 2.48. The predicted octanol–water partition coefficient (Wildman–Crippen LogP) is 2.90. The molecule has 0 bridgehead atoms. The van der Waals surface area contributed by atoms with Crippen LogP contribution >= 0.6 is 11.6 Å². The fraction of sp³-hybridized carbons (Fsp3) is 0.364. The number of methoxy groups -OCH3 is 1. The number of hydrogen-bond donors (Lipinski definition) is 0. The molecule has 0 heterocycles. The van der Waals surface area contributed by atoms with Crippen LogP contribution in [0.25, 0.3) is 0 Å². The first-order valence-corrected chi connectivity index (χ1v) is 4.85. The summed E-state index contributed by atoms with van der Waals surface area (Å²) >= 11 is 5.99. The molecular weight excluding hydrogens is 198 g/mol. The second kappa shape index (κ2) is 3.18. The molecule has 0 saturated heterocycles. The standard InChI is InChI=1S/C11H10ClNO/c1-14-10-3-2-8(6-9(10)12)11(7-13)4-5-11/h2-3,6H,4-5H2,1H3. The third-order valence-electron chi connectivity index (χ3n) is 2.67. The Morgan fingerprint density at radius 1 is 1.50 bits per heavy atom. The van der Waals surface area contributed by atoms with Gasteiger partial charge in [0, 0.05) is 0 Å². The number of hydrogen-bond acceptors (Lipinski definition) is 2. The van der Waals surface area contributed by atoms with Crippen LogP contribution in [-0.2, 0) is 5.41 Å². The van der Waals surface area contributed by atoms with Gasteiger partial charge in [-0.2, -0.15) is 5.26 Å². The second-order valence-corrected chi connectivity index (χ2v) is 3.95. The van der Waals surface area contributed by atoms with Crippen LogP contribution < -0.4 is 4.74 Å². The van der Waals surface area contributed by atoms with Gasteiger partial charge in [-0.15, -0.1) is 0 Å². The topological polar surface area (TPSA) is 33.0 Å². The third-order valence-corrected chi connectivity index (χ3v) is 2.96. The van der Waals surface area contributed by atoms with Gasteiger partial charge in [0.05, 0.1) is 23.6 Å².